The average molecular weight is 410 g/mol. The molecule has 0 amide bonds. The van der Waals surface area contributed by atoms with Crippen molar-refractivity contribution < 1.29 is 17.9 Å². The molecule has 1 aliphatic rings. The van der Waals surface area contributed by atoms with Gasteiger partial charge in [0.1, 0.15) is 0 Å². The van der Waals surface area contributed by atoms with E-state index >= 15 is 0 Å². The topological polar surface area (TPSA) is 103 Å². The number of rotatable bonds is 6. The maximum absolute atomic E-state index is 13.0. The predicted octanol–water partition coefficient (Wildman–Crippen LogP) is 1.57. The van der Waals surface area contributed by atoms with E-state index < -0.39 is 27.7 Å². The van der Waals surface area contributed by atoms with Gasteiger partial charge in [-0.05, 0) is 38.3 Å². The van der Waals surface area contributed by atoms with Crippen LogP contribution in [-0.2, 0) is 19.6 Å². The molecule has 1 aliphatic heterocycles. The summed E-state index contributed by atoms with van der Waals surface area (Å²) in [6.07, 6.45) is 5.32. The summed E-state index contributed by atoms with van der Waals surface area (Å²) in [6.45, 7) is 4.62. The standard InChI is InChI=1S/C18H26N4O5S/c1-3-15(17(23)27-4-2)22-18(24)21-13-14(9-10-16(21)19-22)28(25,26)20-11-7-5-6-8-12-20/h9-10,13,15H,3-8,11-12H2,1-2H3/t15-/m1/s1. The lowest BCUT2D eigenvalue weighted by Gasteiger charge is -2.19. The quantitative estimate of drug-likeness (QED) is 0.670. The SMILES string of the molecule is CCOC(=O)[C@@H](CC)n1nc2ccc(S(=O)(=O)N3CCCCCC3)cn2c1=O. The molecule has 1 fully saturated rings. The largest absolute Gasteiger partial charge is 0.464 e. The van der Waals surface area contributed by atoms with E-state index in [-0.39, 0.29) is 17.1 Å². The Morgan fingerprint density at radius 3 is 2.46 bits per heavy atom. The third-order valence-electron chi connectivity index (χ3n) is 4.96. The van der Waals surface area contributed by atoms with Gasteiger partial charge in [0.2, 0.25) is 10.0 Å². The maximum Gasteiger partial charge on any atom is 0.351 e. The molecule has 1 atom stereocenters. The molecule has 10 heteroatoms. The molecule has 3 rings (SSSR count). The molecule has 2 aromatic rings. The minimum absolute atomic E-state index is 0.0488. The molecule has 0 aromatic carbocycles. The van der Waals surface area contributed by atoms with E-state index in [1.807, 2.05) is 0 Å². The fourth-order valence-corrected chi connectivity index (χ4v) is 4.95. The van der Waals surface area contributed by atoms with Crippen molar-refractivity contribution >= 4 is 21.6 Å². The lowest BCUT2D eigenvalue weighted by molar-refractivity contribution is -0.147. The lowest BCUT2D eigenvalue weighted by Crippen LogP contribution is -2.33. The third-order valence-corrected chi connectivity index (χ3v) is 6.84. The van der Waals surface area contributed by atoms with Gasteiger partial charge in [-0.2, -0.15) is 8.99 Å². The van der Waals surface area contributed by atoms with Crippen LogP contribution in [-0.4, -0.2) is 52.6 Å². The molecule has 154 valence electrons. The number of nitrogens with zero attached hydrogens (tertiary/aromatic N) is 4. The Balaban J connectivity index is 2.01. The molecule has 1 saturated heterocycles. The highest BCUT2D eigenvalue weighted by atomic mass is 32.2. The zero-order chi connectivity index (χ0) is 20.3. The van der Waals surface area contributed by atoms with Crippen LogP contribution in [0, 0.1) is 0 Å². The number of carbonyl (C=O) groups excluding carboxylic acids is 1. The van der Waals surface area contributed by atoms with E-state index in [1.165, 1.54) is 27.0 Å². The van der Waals surface area contributed by atoms with Crippen LogP contribution in [0.4, 0.5) is 0 Å². The maximum atomic E-state index is 13.0. The van der Waals surface area contributed by atoms with Crippen LogP contribution in [0.2, 0.25) is 0 Å². The Kier molecular flexibility index (Phi) is 6.19. The van der Waals surface area contributed by atoms with Crippen molar-refractivity contribution in [3.63, 3.8) is 0 Å². The van der Waals surface area contributed by atoms with Crippen LogP contribution in [0.15, 0.2) is 28.0 Å². The highest BCUT2D eigenvalue weighted by Crippen LogP contribution is 2.20. The van der Waals surface area contributed by atoms with Gasteiger partial charge in [-0.3, -0.25) is 0 Å². The van der Waals surface area contributed by atoms with Gasteiger partial charge in [0.25, 0.3) is 0 Å². The number of aromatic nitrogens is 3. The Labute approximate surface area is 163 Å². The van der Waals surface area contributed by atoms with Crippen LogP contribution < -0.4 is 5.69 Å². The van der Waals surface area contributed by atoms with E-state index in [0.717, 1.165) is 30.4 Å². The van der Waals surface area contributed by atoms with E-state index in [9.17, 15) is 18.0 Å². The highest BCUT2D eigenvalue weighted by Gasteiger charge is 2.28. The summed E-state index contributed by atoms with van der Waals surface area (Å²) in [5, 5.41) is 4.20. The number of hydrogen-bond donors (Lipinski definition) is 0. The minimum atomic E-state index is -3.69. The van der Waals surface area contributed by atoms with Crippen molar-refractivity contribution in [3.05, 3.63) is 28.8 Å². The van der Waals surface area contributed by atoms with Crippen molar-refractivity contribution in [2.75, 3.05) is 19.7 Å². The smallest absolute Gasteiger partial charge is 0.351 e. The first kappa shape index (κ1) is 20.5. The van der Waals surface area contributed by atoms with Crippen LogP contribution in [0.5, 0.6) is 0 Å². The summed E-state index contributed by atoms with van der Waals surface area (Å²) < 4.78 is 34.7. The number of carbonyl (C=O) groups is 1. The van der Waals surface area contributed by atoms with Gasteiger partial charge in [0.15, 0.2) is 11.7 Å². The van der Waals surface area contributed by atoms with Crippen molar-refractivity contribution in [2.45, 2.75) is 56.9 Å². The second kappa shape index (κ2) is 8.44. The van der Waals surface area contributed by atoms with Crippen LogP contribution in [0.25, 0.3) is 5.65 Å². The molecule has 2 aromatic heterocycles. The summed E-state index contributed by atoms with van der Waals surface area (Å²) in [7, 11) is -3.69. The Morgan fingerprint density at radius 2 is 1.86 bits per heavy atom. The molecule has 0 bridgehead atoms. The summed E-state index contributed by atoms with van der Waals surface area (Å²) in [5.74, 6) is -0.534. The molecule has 0 spiro atoms. The molecule has 3 heterocycles. The van der Waals surface area contributed by atoms with Gasteiger partial charge in [-0.15, -0.1) is 5.10 Å². The molecule has 0 aliphatic carbocycles. The van der Waals surface area contributed by atoms with Gasteiger partial charge in [-0.25, -0.2) is 22.4 Å². The molecule has 9 nitrogen and oxygen atoms in total. The number of ether oxygens (including phenoxy) is 1. The van der Waals surface area contributed by atoms with E-state index in [0.29, 0.717) is 19.5 Å². The van der Waals surface area contributed by atoms with Crippen LogP contribution in [0.3, 0.4) is 0 Å². The molecule has 28 heavy (non-hydrogen) atoms. The van der Waals surface area contributed by atoms with Crippen molar-refractivity contribution in [1.82, 2.24) is 18.5 Å². The number of hydrogen-bond acceptors (Lipinski definition) is 6. The second-order valence-corrected chi connectivity index (χ2v) is 8.75. The summed E-state index contributed by atoms with van der Waals surface area (Å²) in [6, 6.07) is 2.09. The number of esters is 1. The molecule has 0 N–H and O–H groups in total. The fraction of sp³-hybridized carbons (Fsp3) is 0.611. The summed E-state index contributed by atoms with van der Waals surface area (Å²) >= 11 is 0. The van der Waals surface area contributed by atoms with Crippen molar-refractivity contribution in [1.29, 1.82) is 0 Å². The molecular formula is C18H26N4O5S. The van der Waals surface area contributed by atoms with E-state index in [1.54, 1.807) is 13.8 Å². The first-order valence-electron chi connectivity index (χ1n) is 9.67. The van der Waals surface area contributed by atoms with Crippen molar-refractivity contribution in [2.24, 2.45) is 0 Å². The number of pyridine rings is 1. The fourth-order valence-electron chi connectivity index (χ4n) is 3.44. The van der Waals surface area contributed by atoms with Crippen LogP contribution >= 0.6 is 0 Å². The van der Waals surface area contributed by atoms with E-state index in [2.05, 4.69) is 5.10 Å². The molecule has 0 saturated carbocycles. The summed E-state index contributed by atoms with van der Waals surface area (Å²) in [4.78, 5) is 25.0. The van der Waals surface area contributed by atoms with Gasteiger partial charge >= 0.3 is 11.7 Å². The van der Waals surface area contributed by atoms with Gasteiger partial charge < -0.3 is 4.74 Å². The molecule has 0 radical (unpaired) electrons. The monoisotopic (exact) mass is 410 g/mol. The normalized spacial score (nSPS) is 17.4. The van der Waals surface area contributed by atoms with Gasteiger partial charge in [-0.1, -0.05) is 19.8 Å². The highest BCUT2D eigenvalue weighted by molar-refractivity contribution is 7.89. The average Bonchev–Trinajstić information content (AvgIpc) is 2.86. The first-order chi connectivity index (χ1) is 13.4. The zero-order valence-corrected chi connectivity index (χ0v) is 17.0. The Morgan fingerprint density at radius 1 is 1.18 bits per heavy atom. The first-order valence-corrected chi connectivity index (χ1v) is 11.1. The molecular weight excluding hydrogens is 384 g/mol. The third kappa shape index (κ3) is 3.83. The predicted molar refractivity (Wildman–Crippen MR) is 103 cm³/mol. The van der Waals surface area contributed by atoms with Gasteiger partial charge in [0.05, 0.1) is 11.5 Å². The lowest BCUT2D eigenvalue weighted by atomic mass is 10.2. The number of fused-ring (bicyclic) bond motifs is 1. The molecule has 0 unspecified atom stereocenters. The van der Waals surface area contributed by atoms with Crippen LogP contribution in [0.1, 0.15) is 52.0 Å². The second-order valence-electron chi connectivity index (χ2n) is 6.81. The van der Waals surface area contributed by atoms with Gasteiger partial charge in [0, 0.05) is 19.3 Å². The summed E-state index contributed by atoms with van der Waals surface area (Å²) in [5.41, 5.74) is -0.287. The zero-order valence-electron chi connectivity index (χ0n) is 16.2. The minimum Gasteiger partial charge on any atom is -0.464 e. The number of sulfonamides is 1. The Bertz CT molecular complexity index is 1000. The Hall–Kier alpha value is -2.20. The van der Waals surface area contributed by atoms with Crippen molar-refractivity contribution in [3.8, 4) is 0 Å². The van der Waals surface area contributed by atoms with E-state index in [4.69, 9.17) is 4.74 Å².